The molecule has 1 aliphatic heterocycles. The Kier molecular flexibility index (Phi) is 3.51. The zero-order valence-electron chi connectivity index (χ0n) is 9.10. The fourth-order valence-electron chi connectivity index (χ4n) is 1.79. The molecule has 1 heterocycles. The summed E-state index contributed by atoms with van der Waals surface area (Å²) in [5, 5.41) is 0.370. The zero-order chi connectivity index (χ0) is 12.5. The first kappa shape index (κ1) is 12.5. The summed E-state index contributed by atoms with van der Waals surface area (Å²) in [6.45, 7) is 0.357. The van der Waals surface area contributed by atoms with Gasteiger partial charge in [0.25, 0.3) is 0 Å². The molecule has 1 saturated heterocycles. The number of sulfonamides is 1. The second-order valence-electron chi connectivity index (χ2n) is 3.94. The summed E-state index contributed by atoms with van der Waals surface area (Å²) in [6, 6.07) is 6.08. The summed E-state index contributed by atoms with van der Waals surface area (Å²) >= 11 is 5.77. The van der Waals surface area contributed by atoms with Crippen molar-refractivity contribution in [3.8, 4) is 0 Å². The fourth-order valence-corrected chi connectivity index (χ4v) is 3.55. The van der Waals surface area contributed by atoms with Gasteiger partial charge < -0.3 is 0 Å². The predicted octanol–water partition coefficient (Wildman–Crippen LogP) is 1.69. The molecule has 1 fully saturated rings. The van der Waals surface area contributed by atoms with Gasteiger partial charge in [-0.3, -0.25) is 4.79 Å². The van der Waals surface area contributed by atoms with Gasteiger partial charge in [-0.1, -0.05) is 17.7 Å². The number of hydrogen-bond acceptors (Lipinski definition) is 3. The van der Waals surface area contributed by atoms with Crippen molar-refractivity contribution in [2.75, 3.05) is 13.1 Å². The predicted molar refractivity (Wildman–Crippen MR) is 64.5 cm³/mol. The van der Waals surface area contributed by atoms with Crippen LogP contribution in [0, 0.1) is 0 Å². The van der Waals surface area contributed by atoms with Gasteiger partial charge in [-0.05, 0) is 24.6 Å². The van der Waals surface area contributed by atoms with Gasteiger partial charge in [-0.2, -0.15) is 4.31 Å². The molecule has 0 radical (unpaired) electrons. The molecule has 1 aliphatic rings. The average molecular weight is 274 g/mol. The van der Waals surface area contributed by atoms with Gasteiger partial charge in [0.2, 0.25) is 10.0 Å². The number of halogens is 1. The maximum absolute atomic E-state index is 12.2. The molecule has 2 rings (SSSR count). The molecular formula is C11H12ClNO3S. The van der Waals surface area contributed by atoms with Crippen LogP contribution in [0.2, 0.25) is 5.02 Å². The second kappa shape index (κ2) is 4.76. The molecule has 0 amide bonds. The van der Waals surface area contributed by atoms with Crippen molar-refractivity contribution in [1.82, 2.24) is 4.31 Å². The number of nitrogens with zero attached hydrogens (tertiary/aromatic N) is 1. The minimum Gasteiger partial charge on any atom is -0.298 e. The summed E-state index contributed by atoms with van der Waals surface area (Å²) in [7, 11) is -3.59. The minimum atomic E-state index is -3.59. The van der Waals surface area contributed by atoms with Gasteiger partial charge in [-0.25, -0.2) is 8.42 Å². The zero-order valence-corrected chi connectivity index (χ0v) is 10.7. The molecule has 92 valence electrons. The van der Waals surface area contributed by atoms with Crippen molar-refractivity contribution >= 4 is 27.4 Å². The quantitative estimate of drug-likeness (QED) is 0.824. The molecule has 0 atom stereocenters. The van der Waals surface area contributed by atoms with Crippen LogP contribution in [0.15, 0.2) is 29.2 Å². The Hall–Kier alpha value is -0.910. The number of ketones is 1. The highest BCUT2D eigenvalue weighted by molar-refractivity contribution is 7.89. The van der Waals surface area contributed by atoms with Crippen molar-refractivity contribution in [1.29, 1.82) is 0 Å². The topological polar surface area (TPSA) is 54.5 Å². The Bertz CT molecular complexity index is 541. The number of rotatable bonds is 2. The van der Waals surface area contributed by atoms with E-state index in [0.29, 0.717) is 24.4 Å². The summed E-state index contributed by atoms with van der Waals surface area (Å²) in [6.07, 6.45) is 1.04. The first-order valence-electron chi connectivity index (χ1n) is 5.27. The lowest BCUT2D eigenvalue weighted by Gasteiger charge is -2.25. The normalized spacial score (nSPS) is 18.3. The van der Waals surface area contributed by atoms with E-state index in [1.54, 1.807) is 12.1 Å². The van der Waals surface area contributed by atoms with Gasteiger partial charge in [0, 0.05) is 18.0 Å². The highest BCUT2D eigenvalue weighted by atomic mass is 35.5. The molecule has 4 nitrogen and oxygen atoms in total. The third-order valence-electron chi connectivity index (χ3n) is 2.65. The largest absolute Gasteiger partial charge is 0.298 e. The fraction of sp³-hybridized carbons (Fsp3) is 0.364. The molecule has 1 aromatic rings. The van der Waals surface area contributed by atoms with E-state index in [4.69, 9.17) is 11.6 Å². The molecule has 0 spiro atoms. The second-order valence-corrected chi connectivity index (χ2v) is 6.31. The highest BCUT2D eigenvalue weighted by Gasteiger charge is 2.29. The van der Waals surface area contributed by atoms with Gasteiger partial charge >= 0.3 is 0 Å². The number of piperidine rings is 1. The summed E-state index contributed by atoms with van der Waals surface area (Å²) in [4.78, 5) is 11.4. The monoisotopic (exact) mass is 273 g/mol. The van der Waals surface area contributed by atoms with Crippen molar-refractivity contribution in [2.24, 2.45) is 0 Å². The SMILES string of the molecule is O=C1CCCN(S(=O)(=O)c2cccc(Cl)c2)C1. The minimum absolute atomic E-state index is 0.0329. The van der Waals surface area contributed by atoms with Crippen LogP contribution in [-0.2, 0) is 14.8 Å². The summed E-state index contributed by atoms with van der Waals surface area (Å²) in [5.41, 5.74) is 0. The molecule has 0 aromatic heterocycles. The van der Waals surface area contributed by atoms with Crippen LogP contribution in [0.25, 0.3) is 0 Å². The van der Waals surface area contributed by atoms with Crippen LogP contribution in [0.4, 0.5) is 0 Å². The van der Waals surface area contributed by atoms with Gasteiger partial charge in [0.1, 0.15) is 5.78 Å². The maximum atomic E-state index is 12.2. The maximum Gasteiger partial charge on any atom is 0.243 e. The van der Waals surface area contributed by atoms with E-state index in [1.165, 1.54) is 16.4 Å². The van der Waals surface area contributed by atoms with Crippen molar-refractivity contribution in [3.05, 3.63) is 29.3 Å². The van der Waals surface area contributed by atoms with E-state index in [2.05, 4.69) is 0 Å². The van der Waals surface area contributed by atoms with E-state index in [-0.39, 0.29) is 17.2 Å². The number of carbonyl (C=O) groups is 1. The lowest BCUT2D eigenvalue weighted by Crippen LogP contribution is -2.40. The molecule has 0 unspecified atom stereocenters. The Balaban J connectivity index is 2.33. The van der Waals surface area contributed by atoms with E-state index in [0.717, 1.165) is 0 Å². The Morgan fingerprint density at radius 2 is 2.06 bits per heavy atom. The summed E-state index contributed by atoms with van der Waals surface area (Å²) in [5.74, 6) is -0.0400. The molecule has 17 heavy (non-hydrogen) atoms. The third-order valence-corrected chi connectivity index (χ3v) is 4.73. The Morgan fingerprint density at radius 3 is 2.71 bits per heavy atom. The standard InChI is InChI=1S/C11H12ClNO3S/c12-9-3-1-5-11(7-9)17(15,16)13-6-2-4-10(14)8-13/h1,3,5,7H,2,4,6,8H2. The van der Waals surface area contributed by atoms with Crippen LogP contribution in [-0.4, -0.2) is 31.6 Å². The smallest absolute Gasteiger partial charge is 0.243 e. The number of Topliss-reactive ketones (excluding diaryl/α,β-unsaturated/α-hetero) is 1. The van der Waals surface area contributed by atoms with E-state index in [1.807, 2.05) is 0 Å². The molecule has 6 heteroatoms. The van der Waals surface area contributed by atoms with Crippen LogP contribution >= 0.6 is 11.6 Å². The molecule has 0 saturated carbocycles. The average Bonchev–Trinajstić information content (AvgIpc) is 2.29. The lowest BCUT2D eigenvalue weighted by atomic mass is 10.1. The van der Waals surface area contributed by atoms with E-state index in [9.17, 15) is 13.2 Å². The van der Waals surface area contributed by atoms with Crippen LogP contribution in [0.3, 0.4) is 0 Å². The third kappa shape index (κ3) is 2.68. The Morgan fingerprint density at radius 1 is 1.29 bits per heavy atom. The molecular weight excluding hydrogens is 262 g/mol. The van der Waals surface area contributed by atoms with Gasteiger partial charge in [0.15, 0.2) is 0 Å². The number of carbonyl (C=O) groups excluding carboxylic acids is 1. The number of benzene rings is 1. The van der Waals surface area contributed by atoms with E-state index < -0.39 is 10.0 Å². The van der Waals surface area contributed by atoms with Gasteiger partial charge in [-0.15, -0.1) is 0 Å². The van der Waals surface area contributed by atoms with Crippen molar-refractivity contribution < 1.29 is 13.2 Å². The Labute approximate surface area is 105 Å². The lowest BCUT2D eigenvalue weighted by molar-refractivity contribution is -0.120. The first-order valence-corrected chi connectivity index (χ1v) is 7.09. The molecule has 0 N–H and O–H groups in total. The van der Waals surface area contributed by atoms with Crippen LogP contribution in [0.1, 0.15) is 12.8 Å². The van der Waals surface area contributed by atoms with Crippen LogP contribution < -0.4 is 0 Å². The van der Waals surface area contributed by atoms with Crippen molar-refractivity contribution in [2.45, 2.75) is 17.7 Å². The van der Waals surface area contributed by atoms with Crippen molar-refractivity contribution in [3.63, 3.8) is 0 Å². The van der Waals surface area contributed by atoms with E-state index >= 15 is 0 Å². The summed E-state index contributed by atoms with van der Waals surface area (Å²) < 4.78 is 25.6. The highest BCUT2D eigenvalue weighted by Crippen LogP contribution is 2.21. The molecule has 1 aromatic carbocycles. The van der Waals surface area contributed by atoms with Crippen LogP contribution in [0.5, 0.6) is 0 Å². The van der Waals surface area contributed by atoms with Gasteiger partial charge in [0.05, 0.1) is 11.4 Å². The molecule has 0 aliphatic carbocycles. The number of hydrogen-bond donors (Lipinski definition) is 0. The molecule has 0 bridgehead atoms. The first-order chi connectivity index (χ1) is 8.00.